The minimum Gasteiger partial charge on any atom is -0.451 e. The number of hydrogen-bond acceptors (Lipinski definition) is 4. The molecule has 1 amide bonds. The maximum Gasteiger partial charge on any atom is 0.356 e. The first-order valence-corrected chi connectivity index (χ1v) is 9.30. The highest BCUT2D eigenvalue weighted by Crippen LogP contribution is 2.20. The highest BCUT2D eigenvalue weighted by atomic mass is 79.9. The van der Waals surface area contributed by atoms with Crippen molar-refractivity contribution in [3.8, 4) is 11.3 Å². The minimum absolute atomic E-state index is 0.164. The predicted octanol–water partition coefficient (Wildman–Crippen LogP) is 3.49. The number of nitrogens with one attached hydrogen (secondary N) is 2. The Balaban J connectivity index is 1.44. The van der Waals surface area contributed by atoms with Gasteiger partial charge < -0.3 is 10.1 Å². The molecule has 0 aliphatic carbocycles. The van der Waals surface area contributed by atoms with Gasteiger partial charge in [-0.3, -0.25) is 9.89 Å². The van der Waals surface area contributed by atoms with Crippen LogP contribution in [-0.4, -0.2) is 35.2 Å². The Bertz CT molecular complexity index is 956. The largest absolute Gasteiger partial charge is 0.451 e. The standard InChI is InChI=1S/C20H17BrFN3O3/c21-15-5-3-14(4-6-15)17-11-18(25-24-17)20(27)28-12-19(26)23-10-9-13-1-7-16(22)8-2-13/h1-8,11H,9-10,12H2,(H,23,26)(H,24,25). The van der Waals surface area contributed by atoms with Crippen LogP contribution in [0.3, 0.4) is 0 Å². The van der Waals surface area contributed by atoms with Crippen molar-refractivity contribution in [3.05, 3.63) is 76.1 Å². The number of carbonyl (C=O) groups excluding carboxylic acids is 2. The highest BCUT2D eigenvalue weighted by Gasteiger charge is 2.14. The number of nitrogens with zero attached hydrogens (tertiary/aromatic N) is 1. The Morgan fingerprint density at radius 1 is 1.11 bits per heavy atom. The number of ether oxygens (including phenoxy) is 1. The summed E-state index contributed by atoms with van der Waals surface area (Å²) in [4.78, 5) is 23.9. The van der Waals surface area contributed by atoms with Gasteiger partial charge in [0.25, 0.3) is 5.91 Å². The SMILES string of the molecule is O=C(COC(=O)c1cc(-c2ccc(Br)cc2)n[nH]1)NCCc1ccc(F)cc1. The molecule has 1 heterocycles. The molecule has 0 saturated heterocycles. The van der Waals surface area contributed by atoms with Crippen LogP contribution in [0.25, 0.3) is 11.3 Å². The Morgan fingerprint density at radius 3 is 2.54 bits per heavy atom. The van der Waals surface area contributed by atoms with Gasteiger partial charge >= 0.3 is 5.97 Å². The fourth-order valence-electron chi connectivity index (χ4n) is 2.45. The lowest BCUT2D eigenvalue weighted by atomic mass is 10.1. The van der Waals surface area contributed by atoms with Crippen molar-refractivity contribution in [2.45, 2.75) is 6.42 Å². The molecule has 0 fully saturated rings. The summed E-state index contributed by atoms with van der Waals surface area (Å²) in [6.45, 7) is -0.0331. The summed E-state index contributed by atoms with van der Waals surface area (Å²) in [5.41, 5.74) is 2.51. The predicted molar refractivity (Wildman–Crippen MR) is 105 cm³/mol. The molecular weight excluding hydrogens is 429 g/mol. The zero-order valence-electron chi connectivity index (χ0n) is 14.7. The Hall–Kier alpha value is -3.00. The van der Waals surface area contributed by atoms with E-state index >= 15 is 0 Å². The van der Waals surface area contributed by atoms with Crippen LogP contribution in [0.4, 0.5) is 4.39 Å². The van der Waals surface area contributed by atoms with Gasteiger partial charge in [-0.15, -0.1) is 0 Å². The van der Waals surface area contributed by atoms with Crippen LogP contribution in [0.2, 0.25) is 0 Å². The van der Waals surface area contributed by atoms with Gasteiger partial charge in [0.05, 0.1) is 5.69 Å². The second-order valence-corrected chi connectivity index (χ2v) is 6.89. The quantitative estimate of drug-likeness (QED) is 0.545. The van der Waals surface area contributed by atoms with Crippen LogP contribution in [0, 0.1) is 5.82 Å². The summed E-state index contributed by atoms with van der Waals surface area (Å²) >= 11 is 3.36. The van der Waals surface area contributed by atoms with E-state index in [-0.39, 0.29) is 11.5 Å². The molecule has 0 bridgehead atoms. The number of benzene rings is 2. The summed E-state index contributed by atoms with van der Waals surface area (Å²) < 4.78 is 18.8. The number of aromatic nitrogens is 2. The molecule has 8 heteroatoms. The molecule has 0 radical (unpaired) electrons. The van der Waals surface area contributed by atoms with Crippen LogP contribution in [0.5, 0.6) is 0 Å². The van der Waals surface area contributed by atoms with Gasteiger partial charge in [-0.2, -0.15) is 5.10 Å². The van der Waals surface area contributed by atoms with E-state index in [0.29, 0.717) is 18.7 Å². The van der Waals surface area contributed by atoms with E-state index < -0.39 is 18.5 Å². The third kappa shape index (κ3) is 5.50. The van der Waals surface area contributed by atoms with Gasteiger partial charge in [0.2, 0.25) is 0 Å². The topological polar surface area (TPSA) is 84.1 Å². The maximum atomic E-state index is 12.8. The molecule has 2 aromatic carbocycles. The van der Waals surface area contributed by atoms with Crippen LogP contribution >= 0.6 is 15.9 Å². The molecule has 144 valence electrons. The smallest absolute Gasteiger partial charge is 0.356 e. The number of esters is 1. The molecular formula is C20H17BrFN3O3. The molecule has 0 saturated carbocycles. The lowest BCUT2D eigenvalue weighted by molar-refractivity contribution is -0.124. The second-order valence-electron chi connectivity index (χ2n) is 5.98. The van der Waals surface area contributed by atoms with E-state index in [4.69, 9.17) is 4.74 Å². The summed E-state index contributed by atoms with van der Waals surface area (Å²) in [7, 11) is 0. The van der Waals surface area contributed by atoms with Crippen LogP contribution in [0.1, 0.15) is 16.1 Å². The fraction of sp³-hybridized carbons (Fsp3) is 0.150. The summed E-state index contributed by atoms with van der Waals surface area (Å²) in [6, 6.07) is 15.1. The van der Waals surface area contributed by atoms with Gasteiger partial charge in [0.1, 0.15) is 11.5 Å². The Morgan fingerprint density at radius 2 is 1.82 bits per heavy atom. The highest BCUT2D eigenvalue weighted by molar-refractivity contribution is 9.10. The van der Waals surface area contributed by atoms with Gasteiger partial charge in [-0.1, -0.05) is 40.2 Å². The normalized spacial score (nSPS) is 10.5. The van der Waals surface area contributed by atoms with Crippen LogP contribution in [0.15, 0.2) is 59.1 Å². The van der Waals surface area contributed by atoms with Crippen molar-refractivity contribution < 1.29 is 18.7 Å². The number of hydrogen-bond donors (Lipinski definition) is 2. The fourth-order valence-corrected chi connectivity index (χ4v) is 2.72. The van der Waals surface area contributed by atoms with Gasteiger partial charge in [0, 0.05) is 16.6 Å². The first kappa shape index (κ1) is 19.8. The van der Waals surface area contributed by atoms with Gasteiger partial charge in [-0.05, 0) is 42.3 Å². The second kappa shape index (κ2) is 9.27. The molecule has 3 aromatic rings. The van der Waals surface area contributed by atoms with Crippen molar-refractivity contribution in [3.63, 3.8) is 0 Å². The first-order valence-electron chi connectivity index (χ1n) is 8.51. The number of amides is 1. The number of H-pyrrole nitrogens is 1. The average molecular weight is 446 g/mol. The molecule has 2 N–H and O–H groups in total. The molecule has 0 aliphatic rings. The van der Waals surface area contributed by atoms with Crippen LogP contribution < -0.4 is 5.32 Å². The molecule has 3 rings (SSSR count). The lowest BCUT2D eigenvalue weighted by Gasteiger charge is -2.06. The molecule has 28 heavy (non-hydrogen) atoms. The first-order chi connectivity index (χ1) is 13.5. The summed E-state index contributed by atoms with van der Waals surface area (Å²) in [6.07, 6.45) is 0.553. The number of aromatic amines is 1. The van der Waals surface area contributed by atoms with E-state index in [1.54, 1.807) is 18.2 Å². The van der Waals surface area contributed by atoms with Crippen molar-refractivity contribution >= 4 is 27.8 Å². The van der Waals surface area contributed by atoms with Crippen molar-refractivity contribution in [2.24, 2.45) is 0 Å². The van der Waals surface area contributed by atoms with Crippen molar-refractivity contribution in [2.75, 3.05) is 13.2 Å². The minimum atomic E-state index is -0.662. The van der Waals surface area contributed by atoms with E-state index in [2.05, 4.69) is 31.4 Å². The summed E-state index contributed by atoms with van der Waals surface area (Å²) in [5, 5.41) is 9.35. The number of carbonyl (C=O) groups is 2. The molecule has 0 atom stereocenters. The maximum absolute atomic E-state index is 12.8. The monoisotopic (exact) mass is 445 g/mol. The van der Waals surface area contributed by atoms with Gasteiger partial charge in [-0.25, -0.2) is 9.18 Å². The third-order valence-corrected chi connectivity index (χ3v) is 4.45. The molecule has 0 unspecified atom stereocenters. The molecule has 1 aromatic heterocycles. The van der Waals surface area contributed by atoms with E-state index in [1.807, 2.05) is 24.3 Å². The number of halogens is 2. The summed E-state index contributed by atoms with van der Waals surface area (Å²) in [5.74, 6) is -1.38. The zero-order chi connectivity index (χ0) is 19.9. The average Bonchev–Trinajstić information content (AvgIpc) is 3.18. The van der Waals surface area contributed by atoms with Crippen molar-refractivity contribution in [1.82, 2.24) is 15.5 Å². The Kier molecular flexibility index (Phi) is 6.54. The van der Waals surface area contributed by atoms with E-state index in [9.17, 15) is 14.0 Å². The lowest BCUT2D eigenvalue weighted by Crippen LogP contribution is -2.30. The van der Waals surface area contributed by atoms with Gasteiger partial charge in [0.15, 0.2) is 6.61 Å². The van der Waals surface area contributed by atoms with Crippen molar-refractivity contribution in [1.29, 1.82) is 0 Å². The molecule has 0 spiro atoms. The number of rotatable bonds is 7. The Labute approximate surface area is 169 Å². The zero-order valence-corrected chi connectivity index (χ0v) is 16.3. The third-order valence-electron chi connectivity index (χ3n) is 3.92. The van der Waals surface area contributed by atoms with E-state index in [0.717, 1.165) is 15.6 Å². The van der Waals surface area contributed by atoms with Crippen LogP contribution in [-0.2, 0) is 16.0 Å². The van der Waals surface area contributed by atoms with E-state index in [1.165, 1.54) is 12.1 Å². The molecule has 0 aliphatic heterocycles. The molecule has 6 nitrogen and oxygen atoms in total.